The Morgan fingerprint density at radius 3 is 2.34 bits per heavy atom. The van der Waals surface area contributed by atoms with E-state index in [1.165, 1.54) is 5.56 Å². The van der Waals surface area contributed by atoms with Crippen molar-refractivity contribution >= 4 is 22.8 Å². The van der Waals surface area contributed by atoms with Crippen LogP contribution >= 0.6 is 0 Å². The first-order chi connectivity index (χ1) is 17.3. The molecule has 0 amide bonds. The minimum absolute atomic E-state index is 0.603. The lowest BCUT2D eigenvalue weighted by Gasteiger charge is -2.27. The average Bonchev–Trinajstić information content (AvgIpc) is 3.38. The molecule has 0 atom stereocenters. The van der Waals surface area contributed by atoms with Crippen molar-refractivity contribution in [3.63, 3.8) is 0 Å². The summed E-state index contributed by atoms with van der Waals surface area (Å²) in [5, 5.41) is 3.47. The Labute approximate surface area is 203 Å². The van der Waals surface area contributed by atoms with Gasteiger partial charge < -0.3 is 15.0 Å². The van der Waals surface area contributed by atoms with Gasteiger partial charge in [0.15, 0.2) is 22.8 Å². The van der Waals surface area contributed by atoms with Crippen molar-refractivity contribution in [2.75, 3.05) is 36.5 Å². The summed E-state index contributed by atoms with van der Waals surface area (Å²) in [6, 6.07) is 24.4. The van der Waals surface area contributed by atoms with Crippen LogP contribution < -0.4 is 10.2 Å². The van der Waals surface area contributed by atoms with Crippen molar-refractivity contribution in [3.8, 4) is 17.1 Å². The van der Waals surface area contributed by atoms with E-state index in [9.17, 15) is 0 Å². The number of nitrogens with one attached hydrogen (secondary N) is 1. The van der Waals surface area contributed by atoms with Gasteiger partial charge in [0, 0.05) is 37.1 Å². The van der Waals surface area contributed by atoms with E-state index in [0.717, 1.165) is 54.5 Å². The van der Waals surface area contributed by atoms with E-state index in [2.05, 4.69) is 27.3 Å². The minimum atomic E-state index is 0.603. The van der Waals surface area contributed by atoms with E-state index in [4.69, 9.17) is 19.7 Å². The minimum Gasteiger partial charge on any atom is -0.378 e. The molecule has 2 aromatic carbocycles. The van der Waals surface area contributed by atoms with Crippen LogP contribution in [0.5, 0.6) is 0 Å². The van der Waals surface area contributed by atoms with Crippen LogP contribution in [0.2, 0.25) is 0 Å². The Morgan fingerprint density at radius 2 is 1.60 bits per heavy atom. The number of para-hydroxylation sites is 1. The predicted octanol–water partition coefficient (Wildman–Crippen LogP) is 4.33. The number of nitrogens with zero attached hydrogens (tertiary/aromatic N) is 6. The molecule has 1 aliphatic rings. The van der Waals surface area contributed by atoms with Crippen LogP contribution in [-0.2, 0) is 11.3 Å². The van der Waals surface area contributed by atoms with Gasteiger partial charge >= 0.3 is 0 Å². The summed E-state index contributed by atoms with van der Waals surface area (Å²) in [4.78, 5) is 21.4. The number of hydrogen-bond acceptors (Lipinski definition) is 7. The second-order valence-electron chi connectivity index (χ2n) is 8.36. The van der Waals surface area contributed by atoms with Gasteiger partial charge in [-0.05, 0) is 29.8 Å². The average molecular weight is 464 g/mol. The number of morpholine rings is 1. The summed E-state index contributed by atoms with van der Waals surface area (Å²) < 4.78 is 7.45. The molecule has 1 N–H and O–H groups in total. The summed E-state index contributed by atoms with van der Waals surface area (Å²) in [5.74, 6) is 2.24. The molecule has 35 heavy (non-hydrogen) atoms. The molecule has 1 fully saturated rings. The molecule has 0 spiro atoms. The monoisotopic (exact) mass is 463 g/mol. The summed E-state index contributed by atoms with van der Waals surface area (Å²) in [7, 11) is 0. The van der Waals surface area contributed by atoms with Gasteiger partial charge in [-0.25, -0.2) is 19.9 Å². The standard InChI is InChI=1S/C27H25N7O/c1-3-7-20(8-4-1)17-29-26-24-27(34(19-30-24)22-9-5-2-6-10-22)32-25(31-26)21-11-12-23(28-18-21)33-13-15-35-16-14-33/h1-12,18-19H,13-17H2,(H,29,31,32). The first-order valence-electron chi connectivity index (χ1n) is 11.7. The maximum Gasteiger partial charge on any atom is 0.170 e. The van der Waals surface area contributed by atoms with Crippen molar-refractivity contribution in [2.24, 2.45) is 0 Å². The van der Waals surface area contributed by atoms with E-state index in [-0.39, 0.29) is 0 Å². The fourth-order valence-electron chi connectivity index (χ4n) is 4.21. The molecule has 174 valence electrons. The number of ether oxygens (including phenoxy) is 1. The van der Waals surface area contributed by atoms with Crippen LogP contribution in [0.4, 0.5) is 11.6 Å². The van der Waals surface area contributed by atoms with Gasteiger partial charge in [0.25, 0.3) is 0 Å². The van der Waals surface area contributed by atoms with Gasteiger partial charge in [0.2, 0.25) is 0 Å². The molecule has 0 unspecified atom stereocenters. The van der Waals surface area contributed by atoms with Crippen molar-refractivity contribution < 1.29 is 4.74 Å². The number of fused-ring (bicyclic) bond motifs is 1. The number of aromatic nitrogens is 5. The molecule has 8 nitrogen and oxygen atoms in total. The number of pyridine rings is 1. The Morgan fingerprint density at radius 1 is 0.829 bits per heavy atom. The van der Waals surface area contributed by atoms with Gasteiger partial charge in [-0.3, -0.25) is 4.57 Å². The predicted molar refractivity (Wildman–Crippen MR) is 137 cm³/mol. The van der Waals surface area contributed by atoms with E-state index < -0.39 is 0 Å². The molecule has 5 aromatic rings. The lowest BCUT2D eigenvalue weighted by atomic mass is 10.2. The van der Waals surface area contributed by atoms with Gasteiger partial charge in [0.05, 0.1) is 13.2 Å². The lowest BCUT2D eigenvalue weighted by Crippen LogP contribution is -2.36. The third-order valence-corrected chi connectivity index (χ3v) is 6.07. The normalized spacial score (nSPS) is 13.8. The summed E-state index contributed by atoms with van der Waals surface area (Å²) in [5.41, 5.74) is 4.49. The number of hydrogen-bond donors (Lipinski definition) is 1. The van der Waals surface area contributed by atoms with Crippen LogP contribution in [0.15, 0.2) is 85.3 Å². The van der Waals surface area contributed by atoms with Crippen LogP contribution in [0.3, 0.4) is 0 Å². The molecular formula is C27H25N7O. The Balaban J connectivity index is 1.39. The van der Waals surface area contributed by atoms with Crippen molar-refractivity contribution in [1.82, 2.24) is 24.5 Å². The molecule has 6 rings (SSSR count). The fraction of sp³-hybridized carbons (Fsp3) is 0.185. The molecule has 8 heteroatoms. The number of anilines is 2. The number of imidazole rings is 1. The molecule has 0 aliphatic carbocycles. The third-order valence-electron chi connectivity index (χ3n) is 6.07. The van der Waals surface area contributed by atoms with Gasteiger partial charge in [-0.1, -0.05) is 48.5 Å². The van der Waals surface area contributed by atoms with Crippen LogP contribution in [-0.4, -0.2) is 50.8 Å². The lowest BCUT2D eigenvalue weighted by molar-refractivity contribution is 0.122. The van der Waals surface area contributed by atoms with E-state index in [0.29, 0.717) is 18.2 Å². The van der Waals surface area contributed by atoms with Crippen molar-refractivity contribution in [1.29, 1.82) is 0 Å². The van der Waals surface area contributed by atoms with Crippen molar-refractivity contribution in [2.45, 2.75) is 6.54 Å². The van der Waals surface area contributed by atoms with E-state index in [1.54, 1.807) is 6.33 Å². The number of benzene rings is 2. The molecule has 0 radical (unpaired) electrons. The first-order valence-corrected chi connectivity index (χ1v) is 11.7. The van der Waals surface area contributed by atoms with Gasteiger partial charge in [-0.2, -0.15) is 0 Å². The van der Waals surface area contributed by atoms with Gasteiger partial charge in [0.1, 0.15) is 12.1 Å². The smallest absolute Gasteiger partial charge is 0.170 e. The quantitative estimate of drug-likeness (QED) is 0.401. The number of rotatable bonds is 6. The Kier molecular flexibility index (Phi) is 5.78. The Bertz CT molecular complexity index is 1410. The topological polar surface area (TPSA) is 81.0 Å². The zero-order valence-corrected chi connectivity index (χ0v) is 19.2. The van der Waals surface area contributed by atoms with E-state index >= 15 is 0 Å². The molecule has 1 saturated heterocycles. The largest absolute Gasteiger partial charge is 0.378 e. The highest BCUT2D eigenvalue weighted by Crippen LogP contribution is 2.27. The highest BCUT2D eigenvalue weighted by molar-refractivity contribution is 5.86. The van der Waals surface area contributed by atoms with Crippen LogP contribution in [0, 0.1) is 0 Å². The molecule has 1 aliphatic heterocycles. The van der Waals surface area contributed by atoms with Crippen LogP contribution in [0.25, 0.3) is 28.2 Å². The zero-order valence-electron chi connectivity index (χ0n) is 19.2. The highest BCUT2D eigenvalue weighted by Gasteiger charge is 2.17. The fourth-order valence-corrected chi connectivity index (χ4v) is 4.21. The Hall–Kier alpha value is -4.30. The second-order valence-corrected chi connectivity index (χ2v) is 8.36. The maximum atomic E-state index is 5.46. The summed E-state index contributed by atoms with van der Waals surface area (Å²) >= 11 is 0. The van der Waals surface area contributed by atoms with Crippen molar-refractivity contribution in [3.05, 3.63) is 90.9 Å². The highest BCUT2D eigenvalue weighted by atomic mass is 16.5. The third kappa shape index (κ3) is 4.43. The summed E-state index contributed by atoms with van der Waals surface area (Å²) in [6.07, 6.45) is 3.64. The zero-order chi connectivity index (χ0) is 23.5. The molecule has 0 saturated carbocycles. The molecule has 4 heterocycles. The summed E-state index contributed by atoms with van der Waals surface area (Å²) in [6.45, 7) is 3.78. The first kappa shape index (κ1) is 21.2. The van der Waals surface area contributed by atoms with Crippen LogP contribution in [0.1, 0.15) is 5.56 Å². The SMILES string of the molecule is c1ccc(CNc2nc(-c3ccc(N4CCOCC4)nc3)nc3c2ncn3-c2ccccc2)cc1. The van der Waals surface area contributed by atoms with Gasteiger partial charge in [-0.15, -0.1) is 0 Å². The second kappa shape index (κ2) is 9.52. The molecular weight excluding hydrogens is 438 g/mol. The maximum absolute atomic E-state index is 5.46. The molecule has 3 aromatic heterocycles. The van der Waals surface area contributed by atoms with E-state index in [1.807, 2.05) is 71.4 Å². The molecule has 0 bridgehead atoms.